The lowest BCUT2D eigenvalue weighted by molar-refractivity contribution is 0.379. The maximum absolute atomic E-state index is 8.67. The van der Waals surface area contributed by atoms with Gasteiger partial charge in [0.05, 0.1) is 38.3 Å². The van der Waals surface area contributed by atoms with Gasteiger partial charge in [-0.25, -0.2) is 0 Å². The van der Waals surface area contributed by atoms with Gasteiger partial charge in [0.1, 0.15) is 11.5 Å². The van der Waals surface area contributed by atoms with Crippen LogP contribution < -0.4 is 15.2 Å². The Kier molecular flexibility index (Phi) is 4.15. The molecule has 0 aliphatic rings. The molecule has 1 aromatic carbocycles. The van der Waals surface area contributed by atoms with Gasteiger partial charge in [-0.2, -0.15) is 5.26 Å². The molecule has 0 spiro atoms. The second kappa shape index (κ2) is 5.38. The summed E-state index contributed by atoms with van der Waals surface area (Å²) < 4.78 is 10.5. The Morgan fingerprint density at radius 1 is 1.31 bits per heavy atom. The Morgan fingerprint density at radius 2 is 1.81 bits per heavy atom. The summed E-state index contributed by atoms with van der Waals surface area (Å²) in [5.74, 6) is 1.33. The third-order valence-electron chi connectivity index (χ3n) is 2.37. The third-order valence-corrected chi connectivity index (χ3v) is 2.37. The second-order valence-electron chi connectivity index (χ2n) is 3.55. The van der Waals surface area contributed by atoms with E-state index in [9.17, 15) is 0 Å². The lowest BCUT2D eigenvalue weighted by Crippen LogP contribution is -2.12. The highest BCUT2D eigenvalue weighted by molar-refractivity contribution is 5.49. The molecule has 0 amide bonds. The molecule has 0 aromatic heterocycles. The first-order valence-electron chi connectivity index (χ1n) is 4.99. The first-order chi connectivity index (χ1) is 7.63. The van der Waals surface area contributed by atoms with Crippen LogP contribution in [0.1, 0.15) is 23.6 Å². The van der Waals surface area contributed by atoms with Crippen molar-refractivity contribution in [3.63, 3.8) is 0 Å². The van der Waals surface area contributed by atoms with E-state index in [4.69, 9.17) is 20.5 Å². The Labute approximate surface area is 95.6 Å². The average Bonchev–Trinajstić information content (AvgIpc) is 2.27. The minimum atomic E-state index is -0.393. The zero-order valence-electron chi connectivity index (χ0n) is 9.78. The van der Waals surface area contributed by atoms with Gasteiger partial charge in [-0.15, -0.1) is 0 Å². The summed E-state index contributed by atoms with van der Waals surface area (Å²) in [5, 5.41) is 8.67. The van der Waals surface area contributed by atoms with Crippen LogP contribution in [0.2, 0.25) is 0 Å². The molecule has 0 radical (unpaired) electrons. The van der Waals surface area contributed by atoms with E-state index < -0.39 is 6.04 Å². The number of rotatable bonds is 4. The molecule has 16 heavy (non-hydrogen) atoms. The summed E-state index contributed by atoms with van der Waals surface area (Å²) in [6, 6.07) is 5.42. The molecule has 4 heteroatoms. The monoisotopic (exact) mass is 220 g/mol. The summed E-state index contributed by atoms with van der Waals surface area (Å²) in [6.45, 7) is 1.95. The second-order valence-corrected chi connectivity index (χ2v) is 3.55. The molecule has 0 saturated heterocycles. The van der Waals surface area contributed by atoms with E-state index in [1.54, 1.807) is 14.2 Å². The van der Waals surface area contributed by atoms with E-state index in [0.29, 0.717) is 11.5 Å². The fourth-order valence-corrected chi connectivity index (χ4v) is 1.64. The molecule has 1 aromatic rings. The van der Waals surface area contributed by atoms with Crippen molar-refractivity contribution in [1.29, 1.82) is 5.26 Å². The maximum Gasteiger partial charge on any atom is 0.127 e. The van der Waals surface area contributed by atoms with Gasteiger partial charge in [0.25, 0.3) is 0 Å². The van der Waals surface area contributed by atoms with E-state index in [2.05, 4.69) is 0 Å². The molecule has 4 nitrogen and oxygen atoms in total. The molecule has 0 aliphatic heterocycles. The number of benzene rings is 1. The van der Waals surface area contributed by atoms with Crippen molar-refractivity contribution in [3.05, 3.63) is 23.3 Å². The van der Waals surface area contributed by atoms with Crippen LogP contribution in [0, 0.1) is 18.3 Å². The number of methoxy groups -OCH3 is 2. The van der Waals surface area contributed by atoms with Crippen LogP contribution in [-0.2, 0) is 0 Å². The number of ether oxygens (including phenoxy) is 2. The van der Waals surface area contributed by atoms with Crippen LogP contribution >= 0.6 is 0 Å². The molecule has 86 valence electrons. The fourth-order valence-electron chi connectivity index (χ4n) is 1.64. The minimum Gasteiger partial charge on any atom is -0.496 e. The number of nitrogens with zero attached hydrogens (tertiary/aromatic N) is 1. The minimum absolute atomic E-state index is 0.232. The fraction of sp³-hybridized carbons (Fsp3) is 0.417. The molecule has 0 bridgehead atoms. The van der Waals surface area contributed by atoms with E-state index in [1.165, 1.54) is 0 Å². The quantitative estimate of drug-likeness (QED) is 0.841. The highest BCUT2D eigenvalue weighted by Crippen LogP contribution is 2.35. The van der Waals surface area contributed by atoms with Crippen molar-refractivity contribution in [3.8, 4) is 17.6 Å². The summed E-state index contributed by atoms with van der Waals surface area (Å²) in [6.07, 6.45) is 0.232. The zero-order valence-corrected chi connectivity index (χ0v) is 9.78. The SMILES string of the molecule is COc1cc(C)cc(OC)c1[C@@H](N)CC#N. The van der Waals surface area contributed by atoms with Crippen LogP contribution in [-0.4, -0.2) is 14.2 Å². The first-order valence-corrected chi connectivity index (χ1v) is 4.99. The molecule has 1 rings (SSSR count). The van der Waals surface area contributed by atoms with Gasteiger partial charge < -0.3 is 15.2 Å². The van der Waals surface area contributed by atoms with Gasteiger partial charge in [0.2, 0.25) is 0 Å². The lowest BCUT2D eigenvalue weighted by Gasteiger charge is -2.17. The maximum atomic E-state index is 8.67. The molecular weight excluding hydrogens is 204 g/mol. The predicted octanol–water partition coefficient (Wildman–Crippen LogP) is 1.93. The standard InChI is InChI=1S/C12H16N2O2/c1-8-6-10(15-2)12(9(14)4-5-13)11(7-8)16-3/h6-7,9H,4,14H2,1-3H3/t9-/m0/s1. The smallest absolute Gasteiger partial charge is 0.127 e. The third kappa shape index (κ3) is 2.44. The Hall–Kier alpha value is -1.73. The Morgan fingerprint density at radius 3 is 2.19 bits per heavy atom. The van der Waals surface area contributed by atoms with Crippen molar-refractivity contribution < 1.29 is 9.47 Å². The van der Waals surface area contributed by atoms with Crippen LogP contribution in [0.3, 0.4) is 0 Å². The van der Waals surface area contributed by atoms with Crippen molar-refractivity contribution >= 4 is 0 Å². The van der Waals surface area contributed by atoms with Gasteiger partial charge in [-0.1, -0.05) is 0 Å². The van der Waals surface area contributed by atoms with E-state index in [0.717, 1.165) is 11.1 Å². The van der Waals surface area contributed by atoms with Gasteiger partial charge in [0, 0.05) is 0 Å². The van der Waals surface area contributed by atoms with Gasteiger partial charge in [0.15, 0.2) is 0 Å². The molecule has 1 atom stereocenters. The number of hydrogen-bond acceptors (Lipinski definition) is 4. The Balaban J connectivity index is 3.27. The van der Waals surface area contributed by atoms with E-state index in [-0.39, 0.29) is 6.42 Å². The first kappa shape index (κ1) is 12.3. The van der Waals surface area contributed by atoms with Crippen LogP contribution in [0.4, 0.5) is 0 Å². The summed E-state index contributed by atoms with van der Waals surface area (Å²) >= 11 is 0. The average molecular weight is 220 g/mol. The number of nitrogens with two attached hydrogens (primary N) is 1. The number of hydrogen-bond donors (Lipinski definition) is 1. The molecular formula is C12H16N2O2. The molecule has 0 unspecified atom stereocenters. The van der Waals surface area contributed by atoms with Crippen molar-refractivity contribution in [1.82, 2.24) is 0 Å². The predicted molar refractivity (Wildman–Crippen MR) is 61.4 cm³/mol. The molecule has 0 saturated carbocycles. The van der Waals surface area contributed by atoms with Gasteiger partial charge >= 0.3 is 0 Å². The summed E-state index contributed by atoms with van der Waals surface area (Å²) in [7, 11) is 3.16. The van der Waals surface area contributed by atoms with Crippen LogP contribution in [0.15, 0.2) is 12.1 Å². The van der Waals surface area contributed by atoms with Gasteiger partial charge in [-0.05, 0) is 24.6 Å². The molecule has 0 aliphatic carbocycles. The molecule has 0 heterocycles. The van der Waals surface area contributed by atoms with Crippen LogP contribution in [0.5, 0.6) is 11.5 Å². The summed E-state index contributed by atoms with van der Waals surface area (Å²) in [5.41, 5.74) is 7.70. The van der Waals surface area contributed by atoms with Crippen molar-refractivity contribution in [2.45, 2.75) is 19.4 Å². The van der Waals surface area contributed by atoms with Gasteiger partial charge in [-0.3, -0.25) is 0 Å². The molecule has 0 fully saturated rings. The topological polar surface area (TPSA) is 68.3 Å². The summed E-state index contributed by atoms with van der Waals surface area (Å²) in [4.78, 5) is 0. The van der Waals surface area contributed by atoms with Crippen molar-refractivity contribution in [2.75, 3.05) is 14.2 Å². The zero-order chi connectivity index (χ0) is 12.1. The largest absolute Gasteiger partial charge is 0.496 e. The lowest BCUT2D eigenvalue weighted by atomic mass is 10.0. The van der Waals surface area contributed by atoms with Crippen molar-refractivity contribution in [2.24, 2.45) is 5.73 Å². The Bertz CT molecular complexity index is 385. The van der Waals surface area contributed by atoms with E-state index >= 15 is 0 Å². The van der Waals surface area contributed by atoms with Crippen LogP contribution in [0.25, 0.3) is 0 Å². The van der Waals surface area contributed by atoms with E-state index in [1.807, 2.05) is 25.1 Å². The number of aryl methyl sites for hydroxylation is 1. The number of nitriles is 1. The normalized spacial score (nSPS) is 11.7. The molecule has 2 N–H and O–H groups in total. The highest BCUT2D eigenvalue weighted by Gasteiger charge is 2.18. The highest BCUT2D eigenvalue weighted by atomic mass is 16.5.